The number of carbonyl (C=O) groups is 1. The van der Waals surface area contributed by atoms with Crippen molar-refractivity contribution >= 4 is 12.1 Å². The molecule has 0 N–H and O–H groups in total. The van der Waals surface area contributed by atoms with Crippen molar-refractivity contribution in [3.05, 3.63) is 0 Å². The Bertz CT molecular complexity index is 95.8. The summed E-state index contributed by atoms with van der Waals surface area (Å²) in [6.07, 6.45) is 3.27. The number of Topliss-reactive ketones (excluding diaryl/α,β-unsaturated/α-hetero) is 1. The molecule has 0 aliphatic carbocycles. The first-order valence-corrected chi connectivity index (χ1v) is 2.62. The molecule has 0 atom stereocenters. The molecular weight excluding hydrogens is 656 g/mol. The van der Waals surface area contributed by atoms with E-state index >= 15 is 0 Å². The summed E-state index contributed by atoms with van der Waals surface area (Å²) in [6.45, 7) is 1.52. The summed E-state index contributed by atoms with van der Waals surface area (Å²) >= 11 is 0. The van der Waals surface area contributed by atoms with Crippen LogP contribution in [0.4, 0.5) is 0 Å². The van der Waals surface area contributed by atoms with E-state index in [1.165, 1.54) is 6.92 Å². The van der Waals surface area contributed by atoms with Crippen molar-refractivity contribution in [2.45, 2.75) is 26.2 Å². The molecule has 0 spiro atoms. The quantitative estimate of drug-likeness (QED) is 0.330. The monoisotopic (exact) mass is 665 g/mol. The number of unbranched alkanes of at least 4 members (excludes halogenated alkanes) is 1. The molecule has 0 saturated heterocycles. The summed E-state index contributed by atoms with van der Waals surface area (Å²) in [4.78, 5) is 19.7. The normalized spacial score (nSPS) is 6.27. The van der Waals surface area contributed by atoms with Gasteiger partial charge in [-0.1, -0.05) is 6.42 Å². The molecule has 0 saturated carbocycles. The number of ketones is 1. The van der Waals surface area contributed by atoms with Gasteiger partial charge in [0.05, 0.1) is 0 Å². The van der Waals surface area contributed by atoms with Gasteiger partial charge in [0.2, 0.25) is 0 Å². The average Bonchev–Trinajstić information content (AvgIpc) is 1.66. The van der Waals surface area contributed by atoms with Gasteiger partial charge in [0, 0.05) is 69.6 Å². The van der Waals surface area contributed by atoms with Crippen LogP contribution >= 0.6 is 0 Å². The first-order valence-electron chi connectivity index (χ1n) is 2.62. The van der Waals surface area contributed by atoms with Crippen LogP contribution in [0.2, 0.25) is 0 Å². The molecule has 0 aliphatic heterocycles. The number of hydrogen-bond acceptors (Lipinski definition) is 2. The Labute approximate surface area is 110 Å². The molecule has 0 aliphatic rings. The minimum Gasteiger partial charge on any atom is -0.542 e. The van der Waals surface area contributed by atoms with Crippen LogP contribution in [-0.2, 0) is 72.8 Å². The molecule has 5 heteroatoms. The maximum atomic E-state index is 10.2. The second-order valence-electron chi connectivity index (χ2n) is 1.70. The predicted molar refractivity (Wildman–Crippen MR) is 30.2 cm³/mol. The third-order valence-corrected chi connectivity index (χ3v) is 0.808. The second kappa shape index (κ2) is 17.5. The van der Waals surface area contributed by atoms with Gasteiger partial charge in [0.1, 0.15) is 5.78 Å². The van der Waals surface area contributed by atoms with E-state index < -0.39 is 0 Å². The Hall–Kier alpha value is 1.40. The molecule has 0 aromatic carbocycles. The number of rotatable bonds is 4. The van der Waals surface area contributed by atoms with Crippen LogP contribution in [0.15, 0.2) is 0 Å². The van der Waals surface area contributed by atoms with Crippen molar-refractivity contribution in [1.82, 2.24) is 0 Å². The molecule has 0 unspecified atom stereocenters. The maximum Gasteiger partial charge on any atom is 0.129 e. The van der Waals surface area contributed by atoms with E-state index in [0.29, 0.717) is 19.3 Å². The molecule has 0 rings (SSSR count). The fourth-order valence-corrected chi connectivity index (χ4v) is 0.410. The van der Waals surface area contributed by atoms with Gasteiger partial charge < -0.3 is 9.59 Å². The molecule has 0 amide bonds. The van der Waals surface area contributed by atoms with E-state index in [1.807, 2.05) is 0 Å². The van der Waals surface area contributed by atoms with Gasteiger partial charge in [-0.15, -0.1) is 0 Å². The van der Waals surface area contributed by atoms with Crippen LogP contribution < -0.4 is 0 Å². The zero-order valence-electron chi connectivity index (χ0n) is 6.16. The van der Waals surface area contributed by atoms with Crippen molar-refractivity contribution in [2.24, 2.45) is 0 Å². The van der Waals surface area contributed by atoms with Gasteiger partial charge in [-0.2, -0.15) is 6.42 Å². The van der Waals surface area contributed by atoms with Gasteiger partial charge in [-0.25, -0.2) is 0 Å². The van der Waals surface area contributed by atoms with E-state index in [1.54, 1.807) is 6.29 Å². The van der Waals surface area contributed by atoms with E-state index in [2.05, 4.69) is 0 Å². The zero-order chi connectivity index (χ0) is 6.41. The Morgan fingerprint density at radius 3 is 2.00 bits per heavy atom. The van der Waals surface area contributed by atoms with Gasteiger partial charge >= 0.3 is 0 Å². The molecule has 0 radical (unpaired) electrons. The van der Waals surface area contributed by atoms with Crippen molar-refractivity contribution in [1.29, 1.82) is 0 Å². The van der Waals surface area contributed by atoms with Crippen LogP contribution in [0.5, 0.6) is 0 Å². The Morgan fingerprint density at radius 1 is 1.27 bits per heavy atom. The van der Waals surface area contributed by atoms with Gasteiger partial charge in [-0.3, -0.25) is 6.29 Å². The summed E-state index contributed by atoms with van der Waals surface area (Å²) in [7, 11) is 0. The summed E-state index contributed by atoms with van der Waals surface area (Å²) < 4.78 is 0. The maximum absolute atomic E-state index is 10.2. The summed E-state index contributed by atoms with van der Waals surface area (Å²) in [5.41, 5.74) is 0. The van der Waals surface area contributed by atoms with E-state index in [9.17, 15) is 9.59 Å². The van der Waals surface area contributed by atoms with Crippen molar-refractivity contribution < 1.29 is 72.8 Å². The third kappa shape index (κ3) is 24.6. The SMILES string of the molecule is CC(=O)CCC[C-]=O.[W].[W].[W]. The van der Waals surface area contributed by atoms with E-state index in [0.717, 1.165) is 0 Å². The third-order valence-electron chi connectivity index (χ3n) is 0.808. The number of carbonyl (C=O) groups excluding carboxylic acids is 2. The van der Waals surface area contributed by atoms with Gasteiger partial charge in [-0.05, 0) is 6.92 Å². The van der Waals surface area contributed by atoms with Crippen LogP contribution in [-0.4, -0.2) is 12.1 Å². The van der Waals surface area contributed by atoms with Crippen LogP contribution in [0.1, 0.15) is 26.2 Å². The summed E-state index contributed by atoms with van der Waals surface area (Å²) in [5.74, 6) is 0.139. The fourth-order valence-electron chi connectivity index (χ4n) is 0.410. The molecule has 0 bridgehead atoms. The zero-order valence-corrected chi connectivity index (χ0v) is 15.0. The fraction of sp³-hybridized carbons (Fsp3) is 0.667. The summed E-state index contributed by atoms with van der Waals surface area (Å²) in [5, 5.41) is 0. The first kappa shape index (κ1) is 22.8. The molecular formula is C6H9O2W3-. The topological polar surface area (TPSA) is 34.1 Å². The minimum absolute atomic E-state index is 0. The second-order valence-corrected chi connectivity index (χ2v) is 1.70. The Morgan fingerprint density at radius 2 is 1.73 bits per heavy atom. The molecule has 64 valence electrons. The summed E-state index contributed by atoms with van der Waals surface area (Å²) in [6, 6.07) is 0. The minimum atomic E-state index is 0. The molecule has 11 heavy (non-hydrogen) atoms. The molecule has 0 fully saturated rings. The van der Waals surface area contributed by atoms with Crippen LogP contribution in [0.3, 0.4) is 0 Å². The largest absolute Gasteiger partial charge is 0.542 e. The van der Waals surface area contributed by atoms with Gasteiger partial charge in [0.25, 0.3) is 0 Å². The Balaban J connectivity index is -0.0000000817. The van der Waals surface area contributed by atoms with Crippen molar-refractivity contribution in [3.63, 3.8) is 0 Å². The van der Waals surface area contributed by atoms with Crippen LogP contribution in [0, 0.1) is 0 Å². The molecule has 2 nitrogen and oxygen atoms in total. The Kier molecular flexibility index (Phi) is 36.3. The molecule has 0 heterocycles. The predicted octanol–water partition coefficient (Wildman–Crippen LogP) is 0.848. The average molecular weight is 665 g/mol. The standard InChI is InChI=1S/C6H9O2.3W/c1-6(8)4-2-3-5-7;;;/h2-4H2,1H3;;;/q-1;;;. The first-order chi connectivity index (χ1) is 3.77. The van der Waals surface area contributed by atoms with Gasteiger partial charge in [0.15, 0.2) is 0 Å². The van der Waals surface area contributed by atoms with Crippen molar-refractivity contribution in [3.8, 4) is 0 Å². The van der Waals surface area contributed by atoms with Crippen LogP contribution in [0.25, 0.3) is 0 Å². The number of hydrogen-bond donors (Lipinski definition) is 0. The van der Waals surface area contributed by atoms with E-state index in [4.69, 9.17) is 0 Å². The van der Waals surface area contributed by atoms with Crippen molar-refractivity contribution in [2.75, 3.05) is 0 Å². The molecule has 0 aromatic rings. The van der Waals surface area contributed by atoms with E-state index in [-0.39, 0.29) is 69.0 Å². The molecule has 0 aromatic heterocycles. The smallest absolute Gasteiger partial charge is 0.129 e.